The summed E-state index contributed by atoms with van der Waals surface area (Å²) in [7, 11) is 1.74. The zero-order valence-corrected chi connectivity index (χ0v) is 17.1. The van der Waals surface area contributed by atoms with Gasteiger partial charge in [-0.1, -0.05) is 38.1 Å². The molecule has 0 aliphatic carbocycles. The molecule has 4 nitrogen and oxygen atoms in total. The van der Waals surface area contributed by atoms with Crippen LogP contribution in [0.3, 0.4) is 0 Å². The summed E-state index contributed by atoms with van der Waals surface area (Å²) in [5, 5.41) is 0. The third-order valence-electron chi connectivity index (χ3n) is 5.40. The molecule has 2 aromatic carbocycles. The molecule has 1 aliphatic heterocycles. The Morgan fingerprint density at radius 2 is 1.78 bits per heavy atom. The fourth-order valence-electron chi connectivity index (χ4n) is 3.75. The Kier molecular flexibility index (Phi) is 6.62. The topological polar surface area (TPSA) is 26.1 Å². The van der Waals surface area contributed by atoms with Crippen molar-refractivity contribution in [3.05, 3.63) is 53.6 Å². The van der Waals surface area contributed by atoms with Crippen LogP contribution in [0.15, 0.2) is 42.5 Å². The molecule has 146 valence electrons. The summed E-state index contributed by atoms with van der Waals surface area (Å²) in [6, 6.07) is 14.8. The molecule has 0 radical (unpaired) electrons. The van der Waals surface area contributed by atoms with Crippen molar-refractivity contribution in [2.24, 2.45) is 0 Å². The van der Waals surface area contributed by atoms with E-state index in [4.69, 9.17) is 9.47 Å². The molecule has 1 fully saturated rings. The van der Waals surface area contributed by atoms with E-state index < -0.39 is 0 Å². The summed E-state index contributed by atoms with van der Waals surface area (Å²) >= 11 is 0. The maximum Gasteiger partial charge on any atom is 0.142 e. The van der Waals surface area contributed by atoms with Crippen molar-refractivity contribution in [2.45, 2.75) is 26.7 Å². The zero-order chi connectivity index (χ0) is 19.2. The van der Waals surface area contributed by atoms with Gasteiger partial charge in [-0.3, -0.25) is 0 Å². The number of hydrogen-bond donors (Lipinski definition) is 1. The van der Waals surface area contributed by atoms with Crippen LogP contribution in [0.4, 0.5) is 5.69 Å². The predicted molar refractivity (Wildman–Crippen MR) is 112 cm³/mol. The van der Waals surface area contributed by atoms with Gasteiger partial charge >= 0.3 is 0 Å². The van der Waals surface area contributed by atoms with E-state index in [1.807, 2.05) is 12.1 Å². The summed E-state index contributed by atoms with van der Waals surface area (Å²) in [5.41, 5.74) is 3.76. The minimum absolute atomic E-state index is 0.484. The van der Waals surface area contributed by atoms with Gasteiger partial charge in [-0.2, -0.15) is 0 Å². The average Bonchev–Trinajstić information content (AvgIpc) is 2.68. The van der Waals surface area contributed by atoms with Gasteiger partial charge in [0.05, 0.1) is 39.0 Å². The van der Waals surface area contributed by atoms with Crippen molar-refractivity contribution < 1.29 is 14.4 Å². The van der Waals surface area contributed by atoms with Crippen molar-refractivity contribution >= 4 is 5.69 Å². The fraction of sp³-hybridized carbons (Fsp3) is 0.478. The molecule has 27 heavy (non-hydrogen) atoms. The molecule has 0 spiro atoms. The Hall–Kier alpha value is -2.20. The fourth-order valence-corrected chi connectivity index (χ4v) is 3.75. The van der Waals surface area contributed by atoms with E-state index in [0.717, 1.165) is 50.8 Å². The van der Waals surface area contributed by atoms with Crippen molar-refractivity contribution in [1.82, 2.24) is 0 Å². The van der Waals surface area contributed by atoms with Crippen molar-refractivity contribution in [2.75, 3.05) is 51.3 Å². The molecule has 2 aromatic rings. The molecular weight excluding hydrogens is 336 g/mol. The molecule has 0 aromatic heterocycles. The second kappa shape index (κ2) is 9.14. The summed E-state index contributed by atoms with van der Waals surface area (Å²) in [4.78, 5) is 4.04. The highest BCUT2D eigenvalue weighted by Crippen LogP contribution is 2.28. The number of nitrogens with zero attached hydrogens (tertiary/aromatic N) is 1. The number of para-hydroxylation sites is 2. The minimum atomic E-state index is 0.484. The lowest BCUT2D eigenvalue weighted by Crippen LogP contribution is -3.15. The van der Waals surface area contributed by atoms with Crippen LogP contribution in [0, 0.1) is 6.92 Å². The summed E-state index contributed by atoms with van der Waals surface area (Å²) in [6.45, 7) is 12.8. The maximum absolute atomic E-state index is 6.18. The molecular formula is C23H33N2O2+. The van der Waals surface area contributed by atoms with E-state index in [-0.39, 0.29) is 0 Å². The molecule has 0 atom stereocenters. The minimum Gasteiger partial charge on any atom is -0.495 e. The van der Waals surface area contributed by atoms with Gasteiger partial charge in [0.2, 0.25) is 0 Å². The quantitative estimate of drug-likeness (QED) is 0.813. The van der Waals surface area contributed by atoms with Crippen LogP contribution in [-0.2, 0) is 0 Å². The lowest BCUT2D eigenvalue weighted by molar-refractivity contribution is -0.900. The Bertz CT molecular complexity index is 737. The van der Waals surface area contributed by atoms with E-state index in [1.165, 1.54) is 16.8 Å². The van der Waals surface area contributed by atoms with Gasteiger partial charge in [0, 0.05) is 0 Å². The van der Waals surface area contributed by atoms with Crippen LogP contribution in [-0.4, -0.2) is 46.4 Å². The van der Waals surface area contributed by atoms with Gasteiger partial charge in [0.25, 0.3) is 0 Å². The third kappa shape index (κ3) is 4.95. The van der Waals surface area contributed by atoms with Gasteiger partial charge in [0.15, 0.2) is 0 Å². The Balaban J connectivity index is 1.50. The first-order chi connectivity index (χ1) is 13.1. The molecule has 1 N–H and O–H groups in total. The molecule has 1 aliphatic rings. The molecule has 3 rings (SSSR count). The number of rotatable bonds is 7. The van der Waals surface area contributed by atoms with Gasteiger partial charge in [-0.05, 0) is 42.2 Å². The molecule has 1 heterocycles. The average molecular weight is 370 g/mol. The van der Waals surface area contributed by atoms with Crippen LogP contribution in [0.25, 0.3) is 0 Å². The van der Waals surface area contributed by atoms with Crippen molar-refractivity contribution in [3.8, 4) is 11.5 Å². The zero-order valence-electron chi connectivity index (χ0n) is 17.1. The van der Waals surface area contributed by atoms with Crippen LogP contribution in [0.5, 0.6) is 11.5 Å². The molecule has 0 amide bonds. The SMILES string of the molecule is COc1ccccc1N1CC[NH+](CCOc2cc(C)ccc2C(C)C)CC1. The van der Waals surface area contributed by atoms with E-state index in [0.29, 0.717) is 5.92 Å². The number of quaternary nitrogens is 1. The smallest absolute Gasteiger partial charge is 0.142 e. The first kappa shape index (κ1) is 19.6. The standard InChI is InChI=1S/C23H32N2O2/c1-18(2)20-10-9-19(3)17-23(20)27-16-15-24-11-13-25(14-12-24)21-7-5-6-8-22(21)26-4/h5-10,17-18H,11-16H2,1-4H3/p+1. The number of anilines is 1. The monoisotopic (exact) mass is 369 g/mol. The Morgan fingerprint density at radius 1 is 1.04 bits per heavy atom. The van der Waals surface area contributed by atoms with Crippen LogP contribution < -0.4 is 19.3 Å². The van der Waals surface area contributed by atoms with Gasteiger partial charge < -0.3 is 19.3 Å². The molecule has 0 unspecified atom stereocenters. The van der Waals surface area contributed by atoms with Crippen molar-refractivity contribution in [3.63, 3.8) is 0 Å². The first-order valence-electron chi connectivity index (χ1n) is 10.0. The lowest BCUT2D eigenvalue weighted by Gasteiger charge is -2.34. The number of methoxy groups -OCH3 is 1. The second-order valence-corrected chi connectivity index (χ2v) is 7.70. The molecule has 0 bridgehead atoms. The van der Waals surface area contributed by atoms with Gasteiger partial charge in [-0.25, -0.2) is 0 Å². The highest BCUT2D eigenvalue weighted by atomic mass is 16.5. The van der Waals surface area contributed by atoms with E-state index in [2.05, 4.69) is 56.0 Å². The number of benzene rings is 2. The van der Waals surface area contributed by atoms with Crippen molar-refractivity contribution in [1.29, 1.82) is 0 Å². The predicted octanol–water partition coefficient (Wildman–Crippen LogP) is 2.91. The lowest BCUT2D eigenvalue weighted by atomic mass is 10.0. The summed E-state index contributed by atoms with van der Waals surface area (Å²) in [6.07, 6.45) is 0. The Morgan fingerprint density at radius 3 is 2.48 bits per heavy atom. The summed E-state index contributed by atoms with van der Waals surface area (Å²) in [5.74, 6) is 2.50. The highest BCUT2D eigenvalue weighted by molar-refractivity contribution is 5.58. The van der Waals surface area contributed by atoms with Gasteiger partial charge in [-0.15, -0.1) is 0 Å². The molecule has 4 heteroatoms. The summed E-state index contributed by atoms with van der Waals surface area (Å²) < 4.78 is 11.7. The van der Waals surface area contributed by atoms with Crippen LogP contribution in [0.1, 0.15) is 30.9 Å². The van der Waals surface area contributed by atoms with Crippen LogP contribution >= 0.6 is 0 Å². The number of ether oxygens (including phenoxy) is 2. The second-order valence-electron chi connectivity index (χ2n) is 7.70. The molecule has 1 saturated heterocycles. The number of piperazine rings is 1. The highest BCUT2D eigenvalue weighted by Gasteiger charge is 2.22. The normalized spacial score (nSPS) is 15.2. The third-order valence-corrected chi connectivity index (χ3v) is 5.40. The van der Waals surface area contributed by atoms with Gasteiger partial charge in [0.1, 0.15) is 24.7 Å². The number of hydrogen-bond acceptors (Lipinski definition) is 3. The largest absolute Gasteiger partial charge is 0.495 e. The van der Waals surface area contributed by atoms with Crippen LogP contribution in [0.2, 0.25) is 0 Å². The Labute approximate surface area is 163 Å². The van der Waals surface area contributed by atoms with E-state index in [1.54, 1.807) is 12.0 Å². The molecule has 0 saturated carbocycles. The number of aryl methyl sites for hydroxylation is 1. The maximum atomic E-state index is 6.18. The number of nitrogens with one attached hydrogen (secondary N) is 1. The van der Waals surface area contributed by atoms with E-state index in [9.17, 15) is 0 Å². The van der Waals surface area contributed by atoms with E-state index >= 15 is 0 Å². The first-order valence-corrected chi connectivity index (χ1v) is 10.0.